The largest absolute Gasteiger partial charge is 0.444 e. The van der Waals surface area contributed by atoms with E-state index in [1.807, 2.05) is 0 Å². The molecule has 1 rings (SSSR count). The number of Topliss-reactive ketones (excluding diaryl/α,β-unsaturated/α-hetero) is 1. The van der Waals surface area contributed by atoms with Gasteiger partial charge in [-0.1, -0.05) is 0 Å². The molecule has 0 aliphatic carbocycles. The summed E-state index contributed by atoms with van der Waals surface area (Å²) >= 11 is 0. The molecule has 1 atom stereocenters. The molecule has 1 fully saturated rings. The predicted octanol–water partition coefficient (Wildman–Crippen LogP) is 1.25. The lowest BCUT2D eigenvalue weighted by Gasteiger charge is -2.33. The highest BCUT2D eigenvalue weighted by molar-refractivity contribution is 7.90. The van der Waals surface area contributed by atoms with E-state index in [1.165, 1.54) is 4.90 Å². The van der Waals surface area contributed by atoms with E-state index in [0.29, 0.717) is 6.54 Å². The maximum atomic E-state index is 11.9. The molecule has 1 unspecified atom stereocenters. The third-order valence-corrected chi connectivity index (χ3v) is 3.99. The van der Waals surface area contributed by atoms with Crippen LogP contribution >= 0.6 is 0 Å². The van der Waals surface area contributed by atoms with Gasteiger partial charge in [0.15, 0.2) is 0 Å². The van der Waals surface area contributed by atoms with Crippen molar-refractivity contribution in [2.45, 2.75) is 39.2 Å². The molecule has 1 heterocycles. The quantitative estimate of drug-likeness (QED) is 0.784. The van der Waals surface area contributed by atoms with Gasteiger partial charge in [0.05, 0.1) is 5.75 Å². The summed E-state index contributed by atoms with van der Waals surface area (Å²) in [5.74, 6) is -0.426. The Bertz CT molecular complexity index is 477. The van der Waals surface area contributed by atoms with E-state index in [4.69, 9.17) is 4.74 Å². The summed E-state index contributed by atoms with van der Waals surface area (Å²) in [5, 5.41) is 0. The van der Waals surface area contributed by atoms with Crippen LogP contribution in [0.2, 0.25) is 0 Å². The monoisotopic (exact) mass is 305 g/mol. The normalized spacial score (nSPS) is 20.9. The van der Waals surface area contributed by atoms with Crippen molar-refractivity contribution in [2.75, 3.05) is 25.1 Å². The van der Waals surface area contributed by atoms with Crippen LogP contribution in [0.3, 0.4) is 0 Å². The van der Waals surface area contributed by atoms with Gasteiger partial charge in [0.2, 0.25) is 0 Å². The Morgan fingerprint density at radius 3 is 2.50 bits per heavy atom. The zero-order valence-electron chi connectivity index (χ0n) is 12.5. The number of ether oxygens (including phenoxy) is 1. The average molecular weight is 305 g/mol. The van der Waals surface area contributed by atoms with Crippen molar-refractivity contribution in [3.05, 3.63) is 0 Å². The Kier molecular flexibility index (Phi) is 5.18. The summed E-state index contributed by atoms with van der Waals surface area (Å²) in [7, 11) is -3.10. The van der Waals surface area contributed by atoms with Crippen molar-refractivity contribution >= 4 is 21.7 Å². The van der Waals surface area contributed by atoms with Crippen molar-refractivity contribution in [3.63, 3.8) is 0 Å². The second-order valence-electron chi connectivity index (χ2n) is 6.26. The lowest BCUT2D eigenvalue weighted by Crippen LogP contribution is -2.46. The highest BCUT2D eigenvalue weighted by atomic mass is 32.2. The first-order chi connectivity index (χ1) is 8.98. The minimum Gasteiger partial charge on any atom is -0.444 e. The van der Waals surface area contributed by atoms with Gasteiger partial charge in [-0.25, -0.2) is 13.2 Å². The first-order valence-electron chi connectivity index (χ1n) is 6.66. The first kappa shape index (κ1) is 16.9. The number of carbonyl (C=O) groups is 2. The highest BCUT2D eigenvalue weighted by Crippen LogP contribution is 2.19. The highest BCUT2D eigenvalue weighted by Gasteiger charge is 2.32. The van der Waals surface area contributed by atoms with Gasteiger partial charge in [-0.05, 0) is 27.2 Å². The molecule has 6 nitrogen and oxygen atoms in total. The first-order valence-corrected chi connectivity index (χ1v) is 8.72. The van der Waals surface area contributed by atoms with Crippen LogP contribution in [0.15, 0.2) is 0 Å². The van der Waals surface area contributed by atoms with Gasteiger partial charge in [-0.2, -0.15) is 0 Å². The second-order valence-corrected chi connectivity index (χ2v) is 8.52. The summed E-state index contributed by atoms with van der Waals surface area (Å²) in [5.41, 5.74) is -0.583. The molecule has 1 saturated heterocycles. The van der Waals surface area contributed by atoms with Crippen molar-refractivity contribution in [3.8, 4) is 0 Å². The Morgan fingerprint density at radius 2 is 2.00 bits per heavy atom. The smallest absolute Gasteiger partial charge is 0.410 e. The lowest BCUT2D eigenvalue weighted by molar-refractivity contribution is -0.126. The van der Waals surface area contributed by atoms with Crippen LogP contribution in [0.4, 0.5) is 4.79 Å². The molecule has 1 aliphatic rings. The predicted molar refractivity (Wildman–Crippen MR) is 75.2 cm³/mol. The van der Waals surface area contributed by atoms with Crippen molar-refractivity contribution in [1.29, 1.82) is 0 Å². The van der Waals surface area contributed by atoms with E-state index >= 15 is 0 Å². The number of hydrogen-bond acceptors (Lipinski definition) is 5. The maximum absolute atomic E-state index is 11.9. The molecule has 0 saturated carbocycles. The van der Waals surface area contributed by atoms with Crippen LogP contribution < -0.4 is 0 Å². The molecule has 116 valence electrons. The summed E-state index contributed by atoms with van der Waals surface area (Å²) in [6.07, 6.45) is 1.21. The average Bonchev–Trinajstić information content (AvgIpc) is 2.24. The topological polar surface area (TPSA) is 80.8 Å². The van der Waals surface area contributed by atoms with E-state index in [2.05, 4.69) is 0 Å². The molecular weight excluding hydrogens is 282 g/mol. The fraction of sp³-hybridized carbons (Fsp3) is 0.846. The summed E-state index contributed by atoms with van der Waals surface area (Å²) in [6.45, 7) is 5.91. The Labute approximate surface area is 120 Å². The molecule has 0 aromatic carbocycles. The molecule has 0 radical (unpaired) electrons. The second kappa shape index (κ2) is 6.11. The Morgan fingerprint density at radius 1 is 1.40 bits per heavy atom. The van der Waals surface area contributed by atoms with Crippen LogP contribution in [0, 0.1) is 5.92 Å². The third kappa shape index (κ3) is 5.90. The lowest BCUT2D eigenvalue weighted by atomic mass is 9.94. The van der Waals surface area contributed by atoms with Gasteiger partial charge in [-0.3, -0.25) is 4.79 Å². The van der Waals surface area contributed by atoms with E-state index in [9.17, 15) is 18.0 Å². The number of nitrogens with zero attached hydrogens (tertiary/aromatic N) is 1. The number of hydrogen-bond donors (Lipinski definition) is 0. The minimum absolute atomic E-state index is 0.0217. The van der Waals surface area contributed by atoms with Gasteiger partial charge >= 0.3 is 6.09 Å². The zero-order chi connectivity index (χ0) is 15.6. The molecule has 7 heteroatoms. The molecule has 0 aromatic heterocycles. The van der Waals surface area contributed by atoms with E-state index in [-0.39, 0.29) is 30.9 Å². The van der Waals surface area contributed by atoms with Crippen LogP contribution in [-0.4, -0.2) is 55.9 Å². The number of ketones is 1. The molecule has 0 N–H and O–H groups in total. The summed E-state index contributed by atoms with van der Waals surface area (Å²) < 4.78 is 27.6. The van der Waals surface area contributed by atoms with Gasteiger partial charge in [0.1, 0.15) is 21.2 Å². The standard InChI is InChI=1S/C13H23NO5S/c1-13(2,3)19-12(16)14-7-5-11(15)10(9-14)6-8-20(4,17)18/h10H,5-9H2,1-4H3. The third-order valence-electron chi connectivity index (χ3n) is 3.01. The van der Waals surface area contributed by atoms with Crippen molar-refractivity contribution < 1.29 is 22.7 Å². The van der Waals surface area contributed by atoms with Gasteiger partial charge in [0, 0.05) is 31.7 Å². The van der Waals surface area contributed by atoms with E-state index in [0.717, 1.165) is 6.26 Å². The number of rotatable bonds is 3. The Hall–Kier alpha value is -1.11. The fourth-order valence-corrected chi connectivity index (χ4v) is 2.72. The van der Waals surface area contributed by atoms with Gasteiger partial charge < -0.3 is 9.64 Å². The molecule has 1 aliphatic heterocycles. The Balaban J connectivity index is 2.61. The summed E-state index contributed by atoms with van der Waals surface area (Å²) in [4.78, 5) is 25.2. The maximum Gasteiger partial charge on any atom is 0.410 e. The molecular formula is C13H23NO5S. The fourth-order valence-electron chi connectivity index (χ4n) is 2.01. The van der Waals surface area contributed by atoms with Crippen LogP contribution in [0.25, 0.3) is 0 Å². The number of amides is 1. The molecule has 20 heavy (non-hydrogen) atoms. The molecule has 0 spiro atoms. The van der Waals surface area contributed by atoms with E-state index in [1.54, 1.807) is 20.8 Å². The molecule has 1 amide bonds. The number of piperidine rings is 1. The SMILES string of the molecule is CC(C)(C)OC(=O)N1CCC(=O)C(CCS(C)(=O)=O)C1. The van der Waals surface area contributed by atoms with Crippen molar-refractivity contribution in [1.82, 2.24) is 4.90 Å². The van der Waals surface area contributed by atoms with Crippen LogP contribution in [0.5, 0.6) is 0 Å². The number of sulfone groups is 1. The van der Waals surface area contributed by atoms with E-state index < -0.39 is 27.4 Å². The number of likely N-dealkylation sites (tertiary alicyclic amines) is 1. The van der Waals surface area contributed by atoms with Crippen LogP contribution in [0.1, 0.15) is 33.6 Å². The van der Waals surface area contributed by atoms with Crippen molar-refractivity contribution in [2.24, 2.45) is 5.92 Å². The summed E-state index contributed by atoms with van der Waals surface area (Å²) in [6, 6.07) is 0. The molecule has 0 bridgehead atoms. The van der Waals surface area contributed by atoms with Crippen LogP contribution in [-0.2, 0) is 19.4 Å². The van der Waals surface area contributed by atoms with Gasteiger partial charge in [0.25, 0.3) is 0 Å². The number of carbonyl (C=O) groups excluding carboxylic acids is 2. The van der Waals surface area contributed by atoms with Gasteiger partial charge in [-0.15, -0.1) is 0 Å². The minimum atomic E-state index is -3.10. The molecule has 0 aromatic rings. The zero-order valence-corrected chi connectivity index (χ0v) is 13.3.